The summed E-state index contributed by atoms with van der Waals surface area (Å²) in [7, 11) is 0. The molecule has 2 atom stereocenters. The molecule has 2 aromatic carbocycles. The van der Waals surface area contributed by atoms with Crippen LogP contribution in [-0.4, -0.2) is 48.4 Å². The van der Waals surface area contributed by atoms with Crippen molar-refractivity contribution in [2.24, 2.45) is 0 Å². The average molecular weight is 452 g/mol. The summed E-state index contributed by atoms with van der Waals surface area (Å²) >= 11 is 0. The minimum atomic E-state index is -0.905. The van der Waals surface area contributed by atoms with Crippen LogP contribution in [-0.2, 0) is 17.6 Å². The van der Waals surface area contributed by atoms with Crippen molar-refractivity contribution in [3.05, 3.63) is 64.7 Å². The van der Waals surface area contributed by atoms with Gasteiger partial charge < -0.3 is 25.4 Å². The highest BCUT2D eigenvalue weighted by molar-refractivity contribution is 5.92. The van der Waals surface area contributed by atoms with Gasteiger partial charge in [0.2, 0.25) is 0 Å². The SMILES string of the molecule is CC(C)(C)OC(=O)NC1CCN(c2cc3c(c(C(=O)O)c2)[C@H](Cc2ccccc2)NCC3)C1. The molecular weight excluding hydrogens is 418 g/mol. The smallest absolute Gasteiger partial charge is 0.407 e. The fraction of sp³-hybridized carbons (Fsp3) is 0.462. The van der Waals surface area contributed by atoms with E-state index in [2.05, 4.69) is 33.7 Å². The first kappa shape index (κ1) is 23.1. The van der Waals surface area contributed by atoms with E-state index >= 15 is 0 Å². The lowest BCUT2D eigenvalue weighted by molar-refractivity contribution is 0.0508. The fourth-order valence-corrected chi connectivity index (χ4v) is 4.77. The third kappa shape index (κ3) is 5.66. The van der Waals surface area contributed by atoms with Gasteiger partial charge in [-0.2, -0.15) is 0 Å². The average Bonchev–Trinajstić information content (AvgIpc) is 3.20. The summed E-state index contributed by atoms with van der Waals surface area (Å²) in [6.07, 6.45) is 1.92. The number of nitrogens with zero attached hydrogens (tertiary/aromatic N) is 1. The third-order valence-electron chi connectivity index (χ3n) is 6.17. The van der Waals surface area contributed by atoms with E-state index in [-0.39, 0.29) is 12.1 Å². The van der Waals surface area contributed by atoms with Crippen molar-refractivity contribution in [2.45, 2.75) is 57.7 Å². The number of carboxylic acid groups (broad SMARTS) is 1. The largest absolute Gasteiger partial charge is 0.478 e. The molecule has 2 aliphatic heterocycles. The van der Waals surface area contributed by atoms with Gasteiger partial charge in [-0.05, 0) is 75.4 Å². The molecule has 0 aromatic heterocycles. The molecule has 0 saturated carbocycles. The number of carbonyl (C=O) groups excluding carboxylic acids is 1. The summed E-state index contributed by atoms with van der Waals surface area (Å²) in [6.45, 7) is 7.72. The van der Waals surface area contributed by atoms with E-state index in [1.807, 2.05) is 39.0 Å². The predicted molar refractivity (Wildman–Crippen MR) is 128 cm³/mol. The molecule has 3 N–H and O–H groups in total. The van der Waals surface area contributed by atoms with Gasteiger partial charge in [0, 0.05) is 24.8 Å². The third-order valence-corrected chi connectivity index (χ3v) is 6.17. The Balaban J connectivity index is 1.53. The number of amides is 1. The molecular formula is C26H33N3O4. The van der Waals surface area contributed by atoms with Crippen LogP contribution in [0.4, 0.5) is 10.5 Å². The Kier molecular flexibility index (Phi) is 6.61. The van der Waals surface area contributed by atoms with Gasteiger partial charge in [-0.1, -0.05) is 30.3 Å². The Bertz CT molecular complexity index is 1020. The predicted octanol–water partition coefficient (Wildman–Crippen LogP) is 3.92. The highest BCUT2D eigenvalue weighted by Gasteiger charge is 2.30. The summed E-state index contributed by atoms with van der Waals surface area (Å²) in [6, 6.07) is 14.0. The summed E-state index contributed by atoms with van der Waals surface area (Å²) < 4.78 is 5.37. The van der Waals surface area contributed by atoms with E-state index in [9.17, 15) is 14.7 Å². The van der Waals surface area contributed by atoms with Crippen LogP contribution in [0.3, 0.4) is 0 Å². The Labute approximate surface area is 195 Å². The van der Waals surface area contributed by atoms with Crippen LogP contribution >= 0.6 is 0 Å². The number of fused-ring (bicyclic) bond motifs is 1. The number of aromatic carboxylic acids is 1. The molecule has 1 fully saturated rings. The standard InChI is InChI=1S/C26H33N3O4/c1-26(2,3)33-25(32)28-19-10-12-29(16-19)20-14-18-9-11-27-22(13-17-7-5-4-6-8-17)23(18)21(15-20)24(30)31/h4-8,14-15,19,22,27H,9-13,16H2,1-3H3,(H,28,32)(H,30,31)/t19?,22-/m0/s1. The number of carboxylic acids is 1. The molecule has 0 aliphatic carbocycles. The van der Waals surface area contributed by atoms with Gasteiger partial charge in [-0.15, -0.1) is 0 Å². The number of rotatable bonds is 5. The highest BCUT2D eigenvalue weighted by Crippen LogP contribution is 2.34. The first-order valence-electron chi connectivity index (χ1n) is 11.6. The Morgan fingerprint density at radius 3 is 2.67 bits per heavy atom. The number of carbonyl (C=O) groups is 2. The maximum atomic E-state index is 12.3. The van der Waals surface area contributed by atoms with E-state index in [1.54, 1.807) is 6.07 Å². The molecule has 176 valence electrons. The maximum absolute atomic E-state index is 12.3. The second-order valence-corrected chi connectivity index (χ2v) is 9.90. The van der Waals surface area contributed by atoms with Gasteiger partial charge in [0.05, 0.1) is 11.6 Å². The van der Waals surface area contributed by atoms with Crippen molar-refractivity contribution in [1.82, 2.24) is 10.6 Å². The molecule has 0 spiro atoms. The van der Waals surface area contributed by atoms with Crippen molar-refractivity contribution in [2.75, 3.05) is 24.5 Å². The van der Waals surface area contributed by atoms with E-state index in [0.29, 0.717) is 12.1 Å². The molecule has 1 amide bonds. The Morgan fingerprint density at radius 1 is 1.21 bits per heavy atom. The highest BCUT2D eigenvalue weighted by atomic mass is 16.6. The van der Waals surface area contributed by atoms with Crippen molar-refractivity contribution in [3.8, 4) is 0 Å². The van der Waals surface area contributed by atoms with Crippen LogP contribution in [0.5, 0.6) is 0 Å². The number of nitrogens with one attached hydrogen (secondary N) is 2. The molecule has 0 radical (unpaired) electrons. The van der Waals surface area contributed by atoms with Crippen molar-refractivity contribution in [3.63, 3.8) is 0 Å². The zero-order chi connectivity index (χ0) is 23.6. The summed E-state index contributed by atoms with van der Waals surface area (Å²) in [5, 5.41) is 16.5. The molecule has 0 bridgehead atoms. The number of hydrogen-bond donors (Lipinski definition) is 3. The normalized spacial score (nSPS) is 20.3. The monoisotopic (exact) mass is 451 g/mol. The minimum absolute atomic E-state index is 0.0309. The zero-order valence-corrected chi connectivity index (χ0v) is 19.6. The molecule has 7 nitrogen and oxygen atoms in total. The van der Waals surface area contributed by atoms with Crippen LogP contribution in [0.1, 0.15) is 60.3 Å². The number of benzene rings is 2. The fourth-order valence-electron chi connectivity index (χ4n) is 4.77. The van der Waals surface area contributed by atoms with Crippen LogP contribution in [0.25, 0.3) is 0 Å². The molecule has 7 heteroatoms. The molecule has 2 aromatic rings. The van der Waals surface area contributed by atoms with Crippen LogP contribution in [0.2, 0.25) is 0 Å². The van der Waals surface area contributed by atoms with Crippen LogP contribution < -0.4 is 15.5 Å². The van der Waals surface area contributed by atoms with Gasteiger partial charge in [0.1, 0.15) is 5.60 Å². The second kappa shape index (κ2) is 9.43. The molecule has 4 rings (SSSR count). The van der Waals surface area contributed by atoms with E-state index in [0.717, 1.165) is 49.2 Å². The van der Waals surface area contributed by atoms with Gasteiger partial charge in [0.15, 0.2) is 0 Å². The maximum Gasteiger partial charge on any atom is 0.407 e. The quantitative estimate of drug-likeness (QED) is 0.638. The van der Waals surface area contributed by atoms with E-state index in [4.69, 9.17) is 4.74 Å². The lowest BCUT2D eigenvalue weighted by atomic mass is 9.86. The van der Waals surface area contributed by atoms with Crippen molar-refractivity contribution < 1.29 is 19.4 Å². The van der Waals surface area contributed by atoms with E-state index < -0.39 is 17.7 Å². The Hall–Kier alpha value is -3.06. The Morgan fingerprint density at radius 2 is 1.97 bits per heavy atom. The van der Waals surface area contributed by atoms with Gasteiger partial charge in [-0.3, -0.25) is 0 Å². The number of hydrogen-bond acceptors (Lipinski definition) is 5. The van der Waals surface area contributed by atoms with Crippen molar-refractivity contribution >= 4 is 17.7 Å². The zero-order valence-electron chi connectivity index (χ0n) is 19.6. The summed E-state index contributed by atoms with van der Waals surface area (Å²) in [5.74, 6) is -0.905. The molecule has 2 heterocycles. The summed E-state index contributed by atoms with van der Waals surface area (Å²) in [5.41, 5.74) is 3.89. The van der Waals surface area contributed by atoms with Gasteiger partial charge in [0.25, 0.3) is 0 Å². The number of anilines is 1. The first-order valence-corrected chi connectivity index (χ1v) is 11.6. The molecule has 1 saturated heterocycles. The van der Waals surface area contributed by atoms with Gasteiger partial charge in [-0.25, -0.2) is 9.59 Å². The second-order valence-electron chi connectivity index (χ2n) is 9.90. The van der Waals surface area contributed by atoms with Crippen molar-refractivity contribution in [1.29, 1.82) is 0 Å². The van der Waals surface area contributed by atoms with E-state index in [1.165, 1.54) is 5.56 Å². The number of ether oxygens (including phenoxy) is 1. The van der Waals surface area contributed by atoms with Crippen LogP contribution in [0, 0.1) is 0 Å². The number of alkyl carbamates (subject to hydrolysis) is 1. The topological polar surface area (TPSA) is 90.9 Å². The lowest BCUT2D eigenvalue weighted by Crippen LogP contribution is -2.40. The van der Waals surface area contributed by atoms with Crippen LogP contribution in [0.15, 0.2) is 42.5 Å². The first-order chi connectivity index (χ1) is 15.7. The minimum Gasteiger partial charge on any atom is -0.478 e. The molecule has 33 heavy (non-hydrogen) atoms. The lowest BCUT2D eigenvalue weighted by Gasteiger charge is -2.31. The van der Waals surface area contributed by atoms with Gasteiger partial charge >= 0.3 is 12.1 Å². The summed E-state index contributed by atoms with van der Waals surface area (Å²) in [4.78, 5) is 26.6. The molecule has 1 unspecified atom stereocenters. The molecule has 2 aliphatic rings.